The summed E-state index contributed by atoms with van der Waals surface area (Å²) >= 11 is 6.05. The molecule has 3 nitrogen and oxygen atoms in total. The fraction of sp³-hybridized carbons (Fsp3) is 0.700. The van der Waals surface area contributed by atoms with Crippen LogP contribution in [0, 0.1) is 0 Å². The Hall–Kier alpha value is -0.540. The Kier molecular flexibility index (Phi) is 3.08. The van der Waals surface area contributed by atoms with Gasteiger partial charge in [-0.2, -0.15) is 5.10 Å². The van der Waals surface area contributed by atoms with Crippen LogP contribution in [0.2, 0.25) is 0 Å². The van der Waals surface area contributed by atoms with Gasteiger partial charge in [0, 0.05) is 30.7 Å². The van der Waals surface area contributed by atoms with Gasteiger partial charge in [-0.15, -0.1) is 11.6 Å². The zero-order chi connectivity index (χ0) is 9.97. The quantitative estimate of drug-likeness (QED) is 0.697. The number of aryl methyl sites for hydroxylation is 1. The summed E-state index contributed by atoms with van der Waals surface area (Å²) in [5.74, 6) is 0. The second-order valence-electron chi connectivity index (χ2n) is 3.97. The van der Waals surface area contributed by atoms with Gasteiger partial charge in [0.15, 0.2) is 0 Å². The van der Waals surface area contributed by atoms with Crippen LogP contribution in [0.25, 0.3) is 0 Å². The lowest BCUT2D eigenvalue weighted by molar-refractivity contribution is 0.223. The normalized spacial score (nSPS) is 20.1. The van der Waals surface area contributed by atoms with Gasteiger partial charge in [0.1, 0.15) is 0 Å². The molecular weight excluding hydrogens is 198 g/mol. The first-order chi connectivity index (χ1) is 6.74. The molecule has 1 aromatic heterocycles. The smallest absolute Gasteiger partial charge is 0.0534 e. The van der Waals surface area contributed by atoms with Crippen molar-refractivity contribution >= 4 is 11.6 Å². The van der Waals surface area contributed by atoms with Crippen molar-refractivity contribution in [2.24, 2.45) is 7.05 Å². The van der Waals surface area contributed by atoms with Gasteiger partial charge >= 0.3 is 0 Å². The van der Waals surface area contributed by atoms with E-state index in [1.54, 1.807) is 0 Å². The molecule has 0 aliphatic carbocycles. The van der Waals surface area contributed by atoms with Crippen molar-refractivity contribution in [2.45, 2.75) is 24.8 Å². The molecule has 0 saturated carbocycles. The molecule has 1 fully saturated rings. The van der Waals surface area contributed by atoms with Crippen LogP contribution in [0.15, 0.2) is 12.4 Å². The summed E-state index contributed by atoms with van der Waals surface area (Å²) in [5, 5.41) is 4.55. The minimum atomic E-state index is 0.389. The predicted octanol–water partition coefficient (Wildman–Crippen LogP) is 1.62. The van der Waals surface area contributed by atoms with E-state index in [0.29, 0.717) is 5.38 Å². The van der Waals surface area contributed by atoms with Gasteiger partial charge in [0.05, 0.1) is 6.20 Å². The molecule has 0 atom stereocenters. The zero-order valence-electron chi connectivity index (χ0n) is 8.49. The maximum absolute atomic E-state index is 6.05. The molecule has 0 radical (unpaired) electrons. The highest BCUT2D eigenvalue weighted by Gasteiger charge is 2.17. The molecule has 2 rings (SSSR count). The number of rotatable bonds is 2. The van der Waals surface area contributed by atoms with Gasteiger partial charge < -0.3 is 0 Å². The van der Waals surface area contributed by atoms with Gasteiger partial charge in [-0.05, 0) is 25.9 Å². The third-order valence-electron chi connectivity index (χ3n) is 2.68. The first-order valence-electron chi connectivity index (χ1n) is 5.08. The topological polar surface area (TPSA) is 21.1 Å². The van der Waals surface area contributed by atoms with Crippen LogP contribution in [0.4, 0.5) is 0 Å². The van der Waals surface area contributed by atoms with E-state index < -0.39 is 0 Å². The summed E-state index contributed by atoms with van der Waals surface area (Å²) < 4.78 is 1.85. The number of likely N-dealkylation sites (tertiary alicyclic amines) is 1. The van der Waals surface area contributed by atoms with Crippen molar-refractivity contribution in [2.75, 3.05) is 13.1 Å². The molecule has 1 aliphatic heterocycles. The zero-order valence-corrected chi connectivity index (χ0v) is 9.24. The lowest BCUT2D eigenvalue weighted by Gasteiger charge is -2.28. The van der Waals surface area contributed by atoms with Crippen LogP contribution in [-0.4, -0.2) is 33.1 Å². The maximum atomic E-state index is 6.05. The Labute approximate surface area is 89.7 Å². The Morgan fingerprint density at radius 3 is 2.79 bits per heavy atom. The van der Waals surface area contributed by atoms with E-state index in [0.717, 1.165) is 32.5 Å². The van der Waals surface area contributed by atoms with Crippen molar-refractivity contribution in [1.29, 1.82) is 0 Å². The maximum Gasteiger partial charge on any atom is 0.0534 e. The van der Waals surface area contributed by atoms with Gasteiger partial charge in [0.25, 0.3) is 0 Å². The summed E-state index contributed by atoms with van der Waals surface area (Å²) in [6, 6.07) is 0. The minimum Gasteiger partial charge on any atom is -0.299 e. The van der Waals surface area contributed by atoms with E-state index in [9.17, 15) is 0 Å². The number of halogens is 1. The molecule has 14 heavy (non-hydrogen) atoms. The summed E-state index contributed by atoms with van der Waals surface area (Å²) in [4.78, 5) is 2.44. The van der Waals surface area contributed by atoms with Crippen molar-refractivity contribution in [3.8, 4) is 0 Å². The SMILES string of the molecule is Cn1cc(CN2CCC(Cl)CC2)cn1. The Morgan fingerprint density at radius 1 is 1.50 bits per heavy atom. The molecule has 2 heterocycles. The van der Waals surface area contributed by atoms with Gasteiger partial charge in [-0.25, -0.2) is 0 Å². The Bertz CT molecular complexity index is 289. The van der Waals surface area contributed by atoms with Crippen LogP contribution in [0.5, 0.6) is 0 Å². The summed E-state index contributed by atoms with van der Waals surface area (Å²) in [6.45, 7) is 3.24. The highest BCUT2D eigenvalue weighted by atomic mass is 35.5. The number of alkyl halides is 1. The lowest BCUT2D eigenvalue weighted by atomic mass is 10.1. The fourth-order valence-electron chi connectivity index (χ4n) is 1.87. The standard InChI is InChI=1S/C10H16ClN3/c1-13-7-9(6-12-13)8-14-4-2-10(11)3-5-14/h6-7,10H,2-5,8H2,1H3. The first-order valence-corrected chi connectivity index (χ1v) is 5.51. The molecule has 0 amide bonds. The largest absolute Gasteiger partial charge is 0.299 e. The number of aromatic nitrogens is 2. The van der Waals surface area contributed by atoms with Gasteiger partial charge in [0.2, 0.25) is 0 Å². The Balaban J connectivity index is 1.86. The van der Waals surface area contributed by atoms with E-state index in [4.69, 9.17) is 11.6 Å². The minimum absolute atomic E-state index is 0.389. The molecule has 0 bridgehead atoms. The van der Waals surface area contributed by atoms with E-state index in [1.165, 1.54) is 5.56 Å². The van der Waals surface area contributed by atoms with Gasteiger partial charge in [-0.1, -0.05) is 0 Å². The fourth-order valence-corrected chi connectivity index (χ4v) is 2.07. The molecule has 1 saturated heterocycles. The van der Waals surface area contributed by atoms with E-state index in [-0.39, 0.29) is 0 Å². The summed E-state index contributed by atoms with van der Waals surface area (Å²) in [7, 11) is 1.95. The highest BCUT2D eigenvalue weighted by Crippen LogP contribution is 2.17. The summed E-state index contributed by atoms with van der Waals surface area (Å²) in [5.41, 5.74) is 1.29. The number of piperidine rings is 1. The molecule has 78 valence electrons. The number of nitrogens with zero attached hydrogens (tertiary/aromatic N) is 3. The van der Waals surface area contributed by atoms with Crippen molar-refractivity contribution in [3.63, 3.8) is 0 Å². The molecule has 0 aromatic carbocycles. The van der Waals surface area contributed by atoms with Crippen molar-refractivity contribution < 1.29 is 0 Å². The van der Waals surface area contributed by atoms with E-state index in [1.807, 2.05) is 17.9 Å². The monoisotopic (exact) mass is 213 g/mol. The second-order valence-corrected chi connectivity index (χ2v) is 4.59. The average molecular weight is 214 g/mol. The molecule has 1 aliphatic rings. The predicted molar refractivity (Wildman–Crippen MR) is 57.4 cm³/mol. The molecular formula is C10H16ClN3. The van der Waals surface area contributed by atoms with Crippen LogP contribution in [0.1, 0.15) is 18.4 Å². The summed E-state index contributed by atoms with van der Waals surface area (Å²) in [6.07, 6.45) is 6.24. The third kappa shape index (κ3) is 2.49. The molecule has 0 spiro atoms. The Morgan fingerprint density at radius 2 is 2.21 bits per heavy atom. The van der Waals surface area contributed by atoms with Crippen molar-refractivity contribution in [1.82, 2.24) is 14.7 Å². The lowest BCUT2D eigenvalue weighted by Crippen LogP contribution is -2.33. The first kappa shape index (κ1) is 9.99. The highest BCUT2D eigenvalue weighted by molar-refractivity contribution is 6.20. The van der Waals surface area contributed by atoms with E-state index >= 15 is 0 Å². The third-order valence-corrected chi connectivity index (χ3v) is 3.12. The van der Waals surface area contributed by atoms with Gasteiger partial charge in [-0.3, -0.25) is 9.58 Å². The van der Waals surface area contributed by atoms with Crippen LogP contribution in [-0.2, 0) is 13.6 Å². The van der Waals surface area contributed by atoms with Crippen molar-refractivity contribution in [3.05, 3.63) is 18.0 Å². The van der Waals surface area contributed by atoms with Crippen LogP contribution >= 0.6 is 11.6 Å². The average Bonchev–Trinajstić information content (AvgIpc) is 2.56. The van der Waals surface area contributed by atoms with E-state index in [2.05, 4.69) is 16.2 Å². The second kappa shape index (κ2) is 4.32. The molecule has 4 heteroatoms. The van der Waals surface area contributed by atoms with Crippen LogP contribution < -0.4 is 0 Å². The molecule has 0 unspecified atom stereocenters. The molecule has 0 N–H and O–H groups in total. The number of hydrogen-bond acceptors (Lipinski definition) is 2. The molecule has 1 aromatic rings. The number of hydrogen-bond donors (Lipinski definition) is 0. The van der Waals surface area contributed by atoms with Crippen LogP contribution in [0.3, 0.4) is 0 Å².